The van der Waals surface area contributed by atoms with Crippen LogP contribution < -0.4 is 10.2 Å². The van der Waals surface area contributed by atoms with Gasteiger partial charge in [-0.05, 0) is 24.6 Å². The number of ether oxygens (including phenoxy) is 2. The Kier molecular flexibility index (Phi) is 6.71. The van der Waals surface area contributed by atoms with Crippen LogP contribution in [0.15, 0.2) is 57.9 Å². The number of hydrogen-bond acceptors (Lipinski definition) is 5. The quantitative estimate of drug-likeness (QED) is 0.383. The van der Waals surface area contributed by atoms with Gasteiger partial charge >= 0.3 is 5.97 Å². The summed E-state index contributed by atoms with van der Waals surface area (Å²) < 4.78 is 16.2. The van der Waals surface area contributed by atoms with E-state index in [0.29, 0.717) is 39.5 Å². The van der Waals surface area contributed by atoms with E-state index < -0.39 is 5.97 Å². The number of carbonyl (C=O) groups is 1. The summed E-state index contributed by atoms with van der Waals surface area (Å²) in [7, 11) is 0. The summed E-state index contributed by atoms with van der Waals surface area (Å²) in [5, 5.41) is 0.887. The van der Waals surface area contributed by atoms with E-state index in [0.717, 1.165) is 19.3 Å². The van der Waals surface area contributed by atoms with E-state index in [4.69, 9.17) is 25.5 Å². The second kappa shape index (κ2) is 9.42. The predicted octanol–water partition coefficient (Wildman–Crippen LogP) is 5.23. The highest BCUT2D eigenvalue weighted by molar-refractivity contribution is 6.33. The van der Waals surface area contributed by atoms with Crippen molar-refractivity contribution in [3.8, 4) is 16.9 Å². The highest BCUT2D eigenvalue weighted by Gasteiger charge is 2.13. The monoisotopic (exact) mass is 400 g/mol. The molecule has 5 nitrogen and oxygen atoms in total. The molecule has 0 radical (unpaired) electrons. The van der Waals surface area contributed by atoms with Gasteiger partial charge in [0.25, 0.3) is 0 Å². The minimum absolute atomic E-state index is 0.184. The molecule has 146 valence electrons. The summed E-state index contributed by atoms with van der Waals surface area (Å²) in [6.45, 7) is 2.29. The van der Waals surface area contributed by atoms with Crippen molar-refractivity contribution >= 4 is 28.5 Å². The van der Waals surface area contributed by atoms with Crippen molar-refractivity contribution in [3.05, 3.63) is 64.0 Å². The van der Waals surface area contributed by atoms with Gasteiger partial charge in [-0.2, -0.15) is 0 Å². The van der Waals surface area contributed by atoms with Crippen molar-refractivity contribution in [2.45, 2.75) is 26.2 Å². The molecule has 28 heavy (non-hydrogen) atoms. The van der Waals surface area contributed by atoms with Crippen LogP contribution in [0, 0.1) is 0 Å². The lowest BCUT2D eigenvalue weighted by Gasteiger charge is -2.08. The van der Waals surface area contributed by atoms with Crippen molar-refractivity contribution in [3.63, 3.8) is 0 Å². The molecular formula is C22H21ClO5. The zero-order valence-electron chi connectivity index (χ0n) is 15.6. The molecule has 6 heteroatoms. The molecule has 3 aromatic rings. The fourth-order valence-electron chi connectivity index (χ4n) is 2.79. The third-order valence-corrected chi connectivity index (χ3v) is 4.61. The topological polar surface area (TPSA) is 65.7 Å². The SMILES string of the molecule is CCCCCOC(=O)COc1ccc2c(=O)c(-c3ccccc3Cl)coc2c1. The first-order valence-corrected chi connectivity index (χ1v) is 9.57. The Morgan fingerprint density at radius 2 is 1.93 bits per heavy atom. The lowest BCUT2D eigenvalue weighted by molar-refractivity contribution is -0.146. The van der Waals surface area contributed by atoms with Crippen molar-refractivity contribution in [2.75, 3.05) is 13.2 Å². The summed E-state index contributed by atoms with van der Waals surface area (Å²) >= 11 is 6.19. The van der Waals surface area contributed by atoms with Gasteiger partial charge in [0.2, 0.25) is 5.43 Å². The number of benzene rings is 2. The Bertz CT molecular complexity index is 1020. The Morgan fingerprint density at radius 1 is 1.11 bits per heavy atom. The molecule has 0 aliphatic rings. The number of esters is 1. The van der Waals surface area contributed by atoms with E-state index in [1.54, 1.807) is 36.4 Å². The van der Waals surface area contributed by atoms with Gasteiger partial charge in [0.05, 0.1) is 17.6 Å². The van der Waals surface area contributed by atoms with E-state index in [-0.39, 0.29) is 12.0 Å². The second-order valence-corrected chi connectivity index (χ2v) is 6.74. The van der Waals surface area contributed by atoms with Gasteiger partial charge in [-0.25, -0.2) is 4.79 Å². The van der Waals surface area contributed by atoms with Gasteiger partial charge in [-0.15, -0.1) is 0 Å². The molecule has 1 heterocycles. The van der Waals surface area contributed by atoms with Crippen molar-refractivity contribution in [2.24, 2.45) is 0 Å². The summed E-state index contributed by atoms with van der Waals surface area (Å²) in [5.41, 5.74) is 1.19. The highest BCUT2D eigenvalue weighted by atomic mass is 35.5. The molecule has 0 aliphatic carbocycles. The number of rotatable bonds is 8. The molecule has 0 saturated heterocycles. The van der Waals surface area contributed by atoms with Crippen molar-refractivity contribution < 1.29 is 18.7 Å². The average Bonchev–Trinajstić information content (AvgIpc) is 2.71. The molecule has 0 unspecified atom stereocenters. The fraction of sp³-hybridized carbons (Fsp3) is 0.273. The molecule has 0 aliphatic heterocycles. The van der Waals surface area contributed by atoms with Crippen LogP contribution in [0.2, 0.25) is 5.02 Å². The van der Waals surface area contributed by atoms with Gasteiger partial charge in [-0.3, -0.25) is 4.79 Å². The molecule has 3 rings (SSSR count). The maximum atomic E-state index is 12.8. The molecular weight excluding hydrogens is 380 g/mol. The maximum Gasteiger partial charge on any atom is 0.344 e. The van der Waals surface area contributed by atoms with Crippen LogP contribution in [-0.4, -0.2) is 19.2 Å². The number of unbranched alkanes of at least 4 members (excludes halogenated alkanes) is 2. The van der Waals surface area contributed by atoms with Gasteiger partial charge in [0.1, 0.15) is 17.6 Å². The minimum Gasteiger partial charge on any atom is -0.482 e. The molecule has 0 spiro atoms. The van der Waals surface area contributed by atoms with Crippen LogP contribution in [0.3, 0.4) is 0 Å². The standard InChI is InChI=1S/C22H21ClO5/c1-2-3-6-11-26-21(24)14-27-15-9-10-17-20(12-15)28-13-18(22(17)25)16-7-4-5-8-19(16)23/h4-5,7-10,12-13H,2-3,6,11,14H2,1H3. The number of halogens is 1. The summed E-state index contributed by atoms with van der Waals surface area (Å²) in [4.78, 5) is 24.5. The first-order valence-electron chi connectivity index (χ1n) is 9.19. The van der Waals surface area contributed by atoms with Crippen LogP contribution >= 0.6 is 11.6 Å². The first-order chi connectivity index (χ1) is 13.6. The smallest absolute Gasteiger partial charge is 0.344 e. The zero-order valence-corrected chi connectivity index (χ0v) is 16.3. The Balaban J connectivity index is 1.73. The van der Waals surface area contributed by atoms with Crippen LogP contribution in [0.25, 0.3) is 22.1 Å². The number of carbonyl (C=O) groups excluding carboxylic acids is 1. The zero-order chi connectivity index (χ0) is 19.9. The maximum absolute atomic E-state index is 12.8. The van der Waals surface area contributed by atoms with E-state index in [2.05, 4.69) is 6.92 Å². The van der Waals surface area contributed by atoms with Gasteiger partial charge < -0.3 is 13.9 Å². The molecule has 0 fully saturated rings. The van der Waals surface area contributed by atoms with Crippen LogP contribution in [-0.2, 0) is 9.53 Å². The predicted molar refractivity (Wildman–Crippen MR) is 109 cm³/mol. The summed E-state index contributed by atoms with van der Waals surface area (Å²) in [5.74, 6) is -0.00151. The normalized spacial score (nSPS) is 10.8. The van der Waals surface area contributed by atoms with Crippen molar-refractivity contribution in [1.82, 2.24) is 0 Å². The Hall–Kier alpha value is -2.79. The largest absolute Gasteiger partial charge is 0.482 e. The number of fused-ring (bicyclic) bond motifs is 1. The van der Waals surface area contributed by atoms with Gasteiger partial charge in [0.15, 0.2) is 6.61 Å². The molecule has 0 amide bonds. The van der Waals surface area contributed by atoms with Crippen LogP contribution in [0.5, 0.6) is 5.75 Å². The second-order valence-electron chi connectivity index (χ2n) is 6.33. The van der Waals surface area contributed by atoms with Crippen LogP contribution in [0.1, 0.15) is 26.2 Å². The molecule has 0 bridgehead atoms. The lowest BCUT2D eigenvalue weighted by Crippen LogP contribution is -2.15. The third kappa shape index (κ3) is 4.73. The van der Waals surface area contributed by atoms with E-state index in [1.807, 2.05) is 6.07 Å². The first kappa shape index (κ1) is 20.0. The lowest BCUT2D eigenvalue weighted by atomic mass is 10.1. The molecule has 2 aromatic carbocycles. The Labute approximate surface area is 167 Å². The molecule has 0 atom stereocenters. The molecule has 1 aromatic heterocycles. The van der Waals surface area contributed by atoms with Crippen molar-refractivity contribution in [1.29, 1.82) is 0 Å². The third-order valence-electron chi connectivity index (χ3n) is 4.28. The number of hydrogen-bond donors (Lipinski definition) is 0. The fourth-order valence-corrected chi connectivity index (χ4v) is 3.02. The molecule has 0 saturated carbocycles. The highest BCUT2D eigenvalue weighted by Crippen LogP contribution is 2.27. The summed E-state index contributed by atoms with van der Waals surface area (Å²) in [6, 6.07) is 11.9. The Morgan fingerprint density at radius 3 is 2.71 bits per heavy atom. The molecule has 0 N–H and O–H groups in total. The van der Waals surface area contributed by atoms with Gasteiger partial charge in [0, 0.05) is 16.7 Å². The minimum atomic E-state index is -0.424. The van der Waals surface area contributed by atoms with E-state index >= 15 is 0 Å². The van der Waals surface area contributed by atoms with Crippen LogP contribution in [0.4, 0.5) is 0 Å². The summed E-state index contributed by atoms with van der Waals surface area (Å²) in [6.07, 6.45) is 4.32. The van der Waals surface area contributed by atoms with Gasteiger partial charge in [-0.1, -0.05) is 49.6 Å². The average molecular weight is 401 g/mol. The van der Waals surface area contributed by atoms with E-state index in [9.17, 15) is 9.59 Å². The van der Waals surface area contributed by atoms with E-state index in [1.165, 1.54) is 6.26 Å².